The number of ketones is 1. The lowest BCUT2D eigenvalue weighted by Gasteiger charge is -2.38. The van der Waals surface area contributed by atoms with E-state index < -0.39 is 70.3 Å². The number of Topliss-reactive ketones (excluding diaryl/α,β-unsaturated/α-hetero) is 1. The van der Waals surface area contributed by atoms with Crippen LogP contribution in [0.15, 0.2) is 0 Å². The largest absolute Gasteiger partial charge is 0.460 e. The molecule has 4 amide bonds. The predicted molar refractivity (Wildman–Crippen MR) is 169 cm³/mol. The lowest BCUT2D eigenvalue weighted by Crippen LogP contribution is -2.61. The molecule has 1 aliphatic heterocycles. The normalized spacial score (nSPS) is 22.1. The first-order valence-electron chi connectivity index (χ1n) is 15.9. The number of carbonyl (C=O) groups is 6. The highest BCUT2D eigenvalue weighted by molar-refractivity contribution is 6.38. The molecule has 12 nitrogen and oxygen atoms in total. The molecule has 2 rings (SSSR count). The van der Waals surface area contributed by atoms with Crippen molar-refractivity contribution in [3.8, 4) is 0 Å². The molecule has 1 saturated carbocycles. The standard InChI is InChI=1S/C33H56N4O8/c1-18(2)16-20(24(39)27(41)34-15-14-21(38)44-31(6,7)8)35-26(40)23-22-19(33(22,12)13)17-37(23)28(42)25(30(3,4)5)36-29(43)45-32(9,10)11/h18-20,22-23,25H,14-17H2,1-13H3,(H,34,41)(H,35,40)(H,36,43)/t19-,20?,22?,23-,25+/m0/s1. The van der Waals surface area contributed by atoms with Crippen molar-refractivity contribution in [1.82, 2.24) is 20.9 Å². The Hall–Kier alpha value is -3.18. The minimum Gasteiger partial charge on any atom is -0.460 e. The predicted octanol–water partition coefficient (Wildman–Crippen LogP) is 3.36. The van der Waals surface area contributed by atoms with Crippen LogP contribution in [0.5, 0.6) is 0 Å². The number of esters is 1. The molecule has 12 heteroatoms. The third-order valence-electron chi connectivity index (χ3n) is 8.13. The number of hydrogen-bond acceptors (Lipinski definition) is 8. The molecule has 1 saturated heterocycles. The number of nitrogens with one attached hydrogen (secondary N) is 3. The number of likely N-dealkylation sites (tertiary alicyclic amines) is 1. The van der Waals surface area contributed by atoms with Crippen LogP contribution in [0.1, 0.15) is 103 Å². The maximum absolute atomic E-state index is 14.1. The van der Waals surface area contributed by atoms with E-state index in [-0.39, 0.29) is 42.6 Å². The van der Waals surface area contributed by atoms with Crippen molar-refractivity contribution in [2.45, 2.75) is 132 Å². The van der Waals surface area contributed by atoms with Crippen molar-refractivity contribution >= 4 is 35.6 Å². The van der Waals surface area contributed by atoms with Crippen LogP contribution in [0.3, 0.4) is 0 Å². The fourth-order valence-electron chi connectivity index (χ4n) is 5.93. The summed E-state index contributed by atoms with van der Waals surface area (Å²) in [6.07, 6.45) is -0.643. The maximum Gasteiger partial charge on any atom is 0.408 e. The highest BCUT2D eigenvalue weighted by Gasteiger charge is 2.70. The van der Waals surface area contributed by atoms with Gasteiger partial charge in [-0.2, -0.15) is 0 Å². The van der Waals surface area contributed by atoms with Gasteiger partial charge in [0.05, 0.1) is 12.5 Å². The molecule has 1 aliphatic carbocycles. The summed E-state index contributed by atoms with van der Waals surface area (Å²) < 4.78 is 10.6. The lowest BCUT2D eigenvalue weighted by molar-refractivity contribution is -0.154. The van der Waals surface area contributed by atoms with Gasteiger partial charge < -0.3 is 30.3 Å². The van der Waals surface area contributed by atoms with Crippen molar-refractivity contribution in [2.75, 3.05) is 13.1 Å². The van der Waals surface area contributed by atoms with E-state index in [1.165, 1.54) is 4.90 Å². The molecular weight excluding hydrogens is 580 g/mol. The summed E-state index contributed by atoms with van der Waals surface area (Å²) in [5, 5.41) is 7.96. The lowest BCUT2D eigenvalue weighted by atomic mass is 9.85. The first-order chi connectivity index (χ1) is 20.3. The van der Waals surface area contributed by atoms with E-state index in [0.717, 1.165) is 0 Å². The summed E-state index contributed by atoms with van der Waals surface area (Å²) in [4.78, 5) is 80.3. The van der Waals surface area contributed by atoms with E-state index in [1.54, 1.807) is 41.5 Å². The van der Waals surface area contributed by atoms with Crippen LogP contribution in [0.2, 0.25) is 0 Å². The number of rotatable bonds is 11. The van der Waals surface area contributed by atoms with E-state index in [2.05, 4.69) is 16.0 Å². The molecular formula is C33H56N4O8. The summed E-state index contributed by atoms with van der Waals surface area (Å²) in [5.74, 6) is -3.32. The van der Waals surface area contributed by atoms with E-state index in [4.69, 9.17) is 9.47 Å². The van der Waals surface area contributed by atoms with Crippen LogP contribution < -0.4 is 16.0 Å². The highest BCUT2D eigenvalue weighted by Crippen LogP contribution is 2.65. The number of ether oxygens (including phenoxy) is 2. The molecule has 2 fully saturated rings. The number of hydrogen-bond donors (Lipinski definition) is 3. The Morgan fingerprint density at radius 1 is 0.867 bits per heavy atom. The molecule has 0 spiro atoms. The molecule has 0 aromatic heterocycles. The number of piperidine rings is 1. The third kappa shape index (κ3) is 10.4. The fraction of sp³-hybridized carbons (Fsp3) is 0.818. The van der Waals surface area contributed by atoms with Gasteiger partial charge in [0.1, 0.15) is 23.3 Å². The molecule has 5 atom stereocenters. The van der Waals surface area contributed by atoms with Gasteiger partial charge in [-0.25, -0.2) is 4.79 Å². The number of fused-ring (bicyclic) bond motifs is 1. The van der Waals surface area contributed by atoms with Gasteiger partial charge in [-0.3, -0.25) is 24.0 Å². The van der Waals surface area contributed by atoms with E-state index >= 15 is 0 Å². The van der Waals surface area contributed by atoms with Crippen molar-refractivity contribution in [3.05, 3.63) is 0 Å². The zero-order valence-electron chi connectivity index (χ0n) is 29.5. The van der Waals surface area contributed by atoms with Crippen LogP contribution in [0.25, 0.3) is 0 Å². The molecule has 0 aromatic rings. The molecule has 2 unspecified atom stereocenters. The first-order valence-corrected chi connectivity index (χ1v) is 15.9. The van der Waals surface area contributed by atoms with Crippen LogP contribution in [0.4, 0.5) is 4.79 Å². The topological polar surface area (TPSA) is 160 Å². The number of nitrogens with zero attached hydrogens (tertiary/aromatic N) is 1. The van der Waals surface area contributed by atoms with Crippen LogP contribution >= 0.6 is 0 Å². The fourth-order valence-corrected chi connectivity index (χ4v) is 5.93. The Morgan fingerprint density at radius 2 is 1.42 bits per heavy atom. The molecule has 3 N–H and O–H groups in total. The zero-order chi connectivity index (χ0) is 34.9. The van der Waals surface area contributed by atoms with Crippen LogP contribution in [-0.2, 0) is 33.4 Å². The summed E-state index contributed by atoms with van der Waals surface area (Å²) in [5.41, 5.74) is -2.35. The summed E-state index contributed by atoms with van der Waals surface area (Å²) >= 11 is 0. The van der Waals surface area contributed by atoms with Crippen molar-refractivity contribution in [3.63, 3.8) is 0 Å². The van der Waals surface area contributed by atoms with E-state index in [9.17, 15) is 28.8 Å². The number of amides is 4. The zero-order valence-corrected chi connectivity index (χ0v) is 29.5. The molecule has 2 aliphatic rings. The van der Waals surface area contributed by atoms with Gasteiger partial charge in [0.2, 0.25) is 17.6 Å². The third-order valence-corrected chi connectivity index (χ3v) is 8.13. The Bertz CT molecular complexity index is 1160. The second-order valence-corrected chi connectivity index (χ2v) is 16.5. The monoisotopic (exact) mass is 636 g/mol. The van der Waals surface area contributed by atoms with Gasteiger partial charge in [0.25, 0.3) is 5.91 Å². The molecule has 0 radical (unpaired) electrons. The summed E-state index contributed by atoms with van der Waals surface area (Å²) in [7, 11) is 0. The van der Waals surface area contributed by atoms with Crippen molar-refractivity contribution in [2.24, 2.45) is 28.6 Å². The SMILES string of the molecule is CC(C)CC(NC(=O)[C@@H]1C2[C@H](CN1C(=O)[C@@H](NC(=O)OC(C)(C)C)C(C)(C)C)C2(C)C)C(=O)C(=O)NCCC(=O)OC(C)(C)C. The Morgan fingerprint density at radius 3 is 1.91 bits per heavy atom. The second kappa shape index (κ2) is 13.7. The first kappa shape index (κ1) is 38.0. The Kier molecular flexibility index (Phi) is 11.5. The van der Waals surface area contributed by atoms with Gasteiger partial charge in [0, 0.05) is 13.1 Å². The van der Waals surface area contributed by atoms with E-state index in [0.29, 0.717) is 6.54 Å². The summed E-state index contributed by atoms with van der Waals surface area (Å²) in [6, 6.07) is -3.00. The Labute approximate surface area is 268 Å². The highest BCUT2D eigenvalue weighted by atomic mass is 16.6. The molecule has 1 heterocycles. The maximum atomic E-state index is 14.1. The Balaban J connectivity index is 2.24. The second-order valence-electron chi connectivity index (χ2n) is 16.5. The van der Waals surface area contributed by atoms with Gasteiger partial charge in [0.15, 0.2) is 0 Å². The summed E-state index contributed by atoms with van der Waals surface area (Å²) in [6.45, 7) is 23.9. The number of carbonyl (C=O) groups excluding carboxylic acids is 6. The quantitative estimate of drug-likeness (QED) is 0.230. The minimum absolute atomic E-state index is 0.0384. The molecule has 0 bridgehead atoms. The average Bonchev–Trinajstić information content (AvgIpc) is 3.16. The van der Waals surface area contributed by atoms with E-state index in [1.807, 2.05) is 48.5 Å². The van der Waals surface area contributed by atoms with Crippen molar-refractivity contribution < 1.29 is 38.2 Å². The minimum atomic E-state index is -1.13. The molecule has 45 heavy (non-hydrogen) atoms. The smallest absolute Gasteiger partial charge is 0.408 e. The molecule has 0 aromatic carbocycles. The van der Waals surface area contributed by atoms with Crippen LogP contribution in [-0.4, -0.2) is 82.9 Å². The van der Waals surface area contributed by atoms with Gasteiger partial charge in [-0.05, 0) is 76.5 Å². The van der Waals surface area contributed by atoms with Gasteiger partial charge in [-0.1, -0.05) is 48.5 Å². The average molecular weight is 637 g/mol. The number of alkyl carbamates (subject to hydrolysis) is 1. The van der Waals surface area contributed by atoms with Gasteiger partial charge >= 0.3 is 12.1 Å². The van der Waals surface area contributed by atoms with Gasteiger partial charge in [-0.15, -0.1) is 0 Å². The molecule has 256 valence electrons. The van der Waals surface area contributed by atoms with Crippen molar-refractivity contribution in [1.29, 1.82) is 0 Å². The van der Waals surface area contributed by atoms with Crippen LogP contribution in [0, 0.1) is 28.6 Å².